The molecule has 1 aliphatic carbocycles. The van der Waals surface area contributed by atoms with Crippen LogP contribution in [0.4, 0.5) is 0 Å². The zero-order valence-corrected chi connectivity index (χ0v) is 15.7. The molecular formula is C24H20O4. The Kier molecular flexibility index (Phi) is 5.58. The van der Waals surface area contributed by atoms with Gasteiger partial charge in [0.05, 0.1) is 12.7 Å². The van der Waals surface area contributed by atoms with Gasteiger partial charge in [-0.25, -0.2) is 4.79 Å². The number of ether oxygens (including phenoxy) is 1. The Morgan fingerprint density at radius 2 is 1.82 bits per heavy atom. The molecular weight excluding hydrogens is 352 g/mol. The molecule has 2 aromatic carbocycles. The quantitative estimate of drug-likeness (QED) is 0.509. The Morgan fingerprint density at radius 3 is 2.46 bits per heavy atom. The fourth-order valence-corrected chi connectivity index (χ4v) is 2.87. The van der Waals surface area contributed by atoms with Crippen LogP contribution in [-0.4, -0.2) is 29.6 Å². The highest BCUT2D eigenvalue weighted by atomic mass is 16.5. The maximum Gasteiger partial charge on any atom is 0.337 e. The minimum atomic E-state index is -1.43. The van der Waals surface area contributed by atoms with Crippen LogP contribution in [0.2, 0.25) is 0 Å². The predicted molar refractivity (Wildman–Crippen MR) is 108 cm³/mol. The van der Waals surface area contributed by atoms with Gasteiger partial charge in [-0.15, -0.1) is 0 Å². The lowest BCUT2D eigenvalue weighted by molar-refractivity contribution is -0.111. The summed E-state index contributed by atoms with van der Waals surface area (Å²) < 4.78 is 4.67. The number of aryl methyl sites for hydroxylation is 1. The van der Waals surface area contributed by atoms with Crippen LogP contribution in [-0.2, 0) is 9.53 Å². The fourth-order valence-electron chi connectivity index (χ4n) is 2.87. The van der Waals surface area contributed by atoms with Crippen molar-refractivity contribution in [2.75, 3.05) is 7.11 Å². The number of allylic oxidation sites excluding steroid dienone is 1. The minimum absolute atomic E-state index is 0.106. The van der Waals surface area contributed by atoms with Crippen molar-refractivity contribution in [2.45, 2.75) is 18.9 Å². The van der Waals surface area contributed by atoms with Crippen molar-refractivity contribution < 1.29 is 19.4 Å². The first-order valence-electron chi connectivity index (χ1n) is 8.83. The SMILES string of the molecule is COC(=O)c1ccc(/C=C2/C(=O)C=CC2(O)CC#Cc2ccc(C)cc2)cc1. The summed E-state index contributed by atoms with van der Waals surface area (Å²) in [7, 11) is 1.32. The molecule has 4 nitrogen and oxygen atoms in total. The summed E-state index contributed by atoms with van der Waals surface area (Å²) in [6.07, 6.45) is 4.57. The van der Waals surface area contributed by atoms with Crippen LogP contribution >= 0.6 is 0 Å². The number of hydrogen-bond acceptors (Lipinski definition) is 4. The summed E-state index contributed by atoms with van der Waals surface area (Å²) in [6, 6.07) is 14.4. The smallest absolute Gasteiger partial charge is 0.337 e. The summed E-state index contributed by atoms with van der Waals surface area (Å²) in [6.45, 7) is 2.00. The predicted octanol–water partition coefficient (Wildman–Crippen LogP) is 3.48. The second-order valence-corrected chi connectivity index (χ2v) is 6.64. The van der Waals surface area contributed by atoms with Crippen LogP contribution in [0.1, 0.15) is 33.5 Å². The van der Waals surface area contributed by atoms with Crippen LogP contribution in [0.5, 0.6) is 0 Å². The number of ketones is 1. The lowest BCUT2D eigenvalue weighted by atomic mass is 9.91. The van der Waals surface area contributed by atoms with E-state index in [9.17, 15) is 14.7 Å². The Labute approximate surface area is 164 Å². The number of aliphatic hydroxyl groups is 1. The number of benzene rings is 2. The molecule has 0 radical (unpaired) electrons. The number of esters is 1. The van der Waals surface area contributed by atoms with Gasteiger partial charge in [-0.1, -0.05) is 41.7 Å². The summed E-state index contributed by atoms with van der Waals surface area (Å²) in [5.74, 6) is 5.30. The average Bonchev–Trinajstić information content (AvgIpc) is 2.98. The highest BCUT2D eigenvalue weighted by molar-refractivity contribution is 6.12. The van der Waals surface area contributed by atoms with E-state index in [-0.39, 0.29) is 17.8 Å². The molecule has 0 aliphatic heterocycles. The standard InChI is InChI=1S/C24H20O4/c1-17-5-7-18(8-6-17)4-3-14-24(27)15-13-22(25)21(24)16-19-9-11-20(12-10-19)23(26)28-2/h5-13,15-16,27H,14H2,1-2H3/b21-16-. The van der Waals surface area contributed by atoms with Crippen molar-refractivity contribution >= 4 is 17.8 Å². The zero-order valence-electron chi connectivity index (χ0n) is 15.7. The number of methoxy groups -OCH3 is 1. The van der Waals surface area contributed by atoms with Gasteiger partial charge in [-0.05, 0) is 55.0 Å². The lowest BCUT2D eigenvalue weighted by Gasteiger charge is -2.19. The molecule has 0 saturated carbocycles. The molecule has 1 N–H and O–H groups in total. The van der Waals surface area contributed by atoms with Gasteiger partial charge in [0.15, 0.2) is 5.78 Å². The first-order chi connectivity index (χ1) is 13.4. The van der Waals surface area contributed by atoms with Crippen LogP contribution in [0.25, 0.3) is 6.08 Å². The number of rotatable bonds is 3. The van der Waals surface area contributed by atoms with Gasteiger partial charge in [0, 0.05) is 17.6 Å². The van der Waals surface area contributed by atoms with E-state index >= 15 is 0 Å². The third-order valence-corrected chi connectivity index (χ3v) is 4.53. The highest BCUT2D eigenvalue weighted by Crippen LogP contribution is 2.31. The minimum Gasteiger partial charge on any atom is -0.465 e. The van der Waals surface area contributed by atoms with E-state index in [4.69, 9.17) is 0 Å². The molecule has 0 fully saturated rings. The molecule has 1 aliphatic rings. The van der Waals surface area contributed by atoms with Crippen molar-refractivity contribution in [3.8, 4) is 11.8 Å². The first kappa shape index (κ1) is 19.3. The molecule has 28 heavy (non-hydrogen) atoms. The molecule has 3 rings (SSSR count). The summed E-state index contributed by atoms with van der Waals surface area (Å²) >= 11 is 0. The maximum absolute atomic E-state index is 12.2. The van der Waals surface area contributed by atoms with Gasteiger partial charge in [0.2, 0.25) is 0 Å². The van der Waals surface area contributed by atoms with Crippen LogP contribution in [0.3, 0.4) is 0 Å². The zero-order chi connectivity index (χ0) is 20.1. The summed E-state index contributed by atoms with van der Waals surface area (Å²) in [5.41, 5.74) is 1.94. The molecule has 2 aromatic rings. The highest BCUT2D eigenvalue weighted by Gasteiger charge is 2.36. The van der Waals surface area contributed by atoms with Gasteiger partial charge in [0.25, 0.3) is 0 Å². The molecule has 0 bridgehead atoms. The van der Waals surface area contributed by atoms with Gasteiger partial charge >= 0.3 is 5.97 Å². The third kappa shape index (κ3) is 4.28. The molecule has 140 valence electrons. The molecule has 0 saturated heterocycles. The van der Waals surface area contributed by atoms with Gasteiger partial charge in [-0.3, -0.25) is 4.79 Å². The van der Waals surface area contributed by atoms with E-state index in [1.54, 1.807) is 30.3 Å². The normalized spacial score (nSPS) is 19.4. The lowest BCUT2D eigenvalue weighted by Crippen LogP contribution is -2.27. The van der Waals surface area contributed by atoms with E-state index in [0.29, 0.717) is 11.1 Å². The number of carbonyl (C=O) groups excluding carboxylic acids is 2. The Morgan fingerprint density at radius 1 is 1.14 bits per heavy atom. The third-order valence-electron chi connectivity index (χ3n) is 4.53. The number of carbonyl (C=O) groups is 2. The van der Waals surface area contributed by atoms with E-state index < -0.39 is 11.6 Å². The molecule has 1 unspecified atom stereocenters. The molecule has 1 atom stereocenters. The maximum atomic E-state index is 12.2. The van der Waals surface area contributed by atoms with Gasteiger partial charge in [0.1, 0.15) is 5.60 Å². The second kappa shape index (κ2) is 8.08. The van der Waals surface area contributed by atoms with Crippen molar-refractivity contribution in [2.24, 2.45) is 0 Å². The van der Waals surface area contributed by atoms with E-state index in [2.05, 4.69) is 16.6 Å². The second-order valence-electron chi connectivity index (χ2n) is 6.64. The van der Waals surface area contributed by atoms with Crippen molar-refractivity contribution in [1.82, 2.24) is 0 Å². The van der Waals surface area contributed by atoms with E-state index in [1.807, 2.05) is 31.2 Å². The Balaban J connectivity index is 1.81. The molecule has 0 aromatic heterocycles. The Bertz CT molecular complexity index is 1020. The van der Waals surface area contributed by atoms with Crippen LogP contribution in [0.15, 0.2) is 66.3 Å². The first-order valence-corrected chi connectivity index (χ1v) is 8.83. The molecule has 0 amide bonds. The summed E-state index contributed by atoms with van der Waals surface area (Å²) in [5, 5.41) is 10.9. The molecule has 0 heterocycles. The largest absolute Gasteiger partial charge is 0.465 e. The Hall–Kier alpha value is -3.42. The molecule has 0 spiro atoms. The van der Waals surface area contributed by atoms with Gasteiger partial charge < -0.3 is 9.84 Å². The number of hydrogen-bond donors (Lipinski definition) is 1. The fraction of sp³-hybridized carbons (Fsp3) is 0.167. The molecule has 4 heteroatoms. The average molecular weight is 372 g/mol. The monoisotopic (exact) mass is 372 g/mol. The van der Waals surface area contributed by atoms with Gasteiger partial charge in [-0.2, -0.15) is 0 Å². The van der Waals surface area contributed by atoms with Crippen molar-refractivity contribution in [1.29, 1.82) is 0 Å². The van der Waals surface area contributed by atoms with E-state index in [0.717, 1.165) is 11.1 Å². The van der Waals surface area contributed by atoms with Crippen LogP contribution < -0.4 is 0 Å². The van der Waals surface area contributed by atoms with Crippen molar-refractivity contribution in [3.63, 3.8) is 0 Å². The van der Waals surface area contributed by atoms with Crippen molar-refractivity contribution in [3.05, 3.63) is 88.5 Å². The summed E-state index contributed by atoms with van der Waals surface area (Å²) in [4.78, 5) is 23.8. The van der Waals surface area contributed by atoms with Crippen LogP contribution in [0, 0.1) is 18.8 Å². The van der Waals surface area contributed by atoms with E-state index in [1.165, 1.54) is 19.3 Å². The topological polar surface area (TPSA) is 63.6 Å².